The van der Waals surface area contributed by atoms with Crippen LogP contribution in [0.5, 0.6) is 0 Å². The number of hydrogen-bond acceptors (Lipinski definition) is 2. The Balaban J connectivity index is 2.47. The number of nitrogens with two attached hydrogens (primary N) is 1. The Labute approximate surface area is 77.7 Å². The average molecular weight is 181 g/mol. The Morgan fingerprint density at radius 2 is 2.31 bits per heavy atom. The highest BCUT2D eigenvalue weighted by atomic mass is 16.1. The molecule has 0 aliphatic heterocycles. The van der Waals surface area contributed by atoms with Gasteiger partial charge >= 0.3 is 0 Å². The van der Waals surface area contributed by atoms with Crippen molar-refractivity contribution in [3.63, 3.8) is 0 Å². The summed E-state index contributed by atoms with van der Waals surface area (Å²) >= 11 is 0. The number of carbonyl (C=O) groups is 1. The first-order valence-corrected chi connectivity index (χ1v) is 4.30. The monoisotopic (exact) mass is 181 g/mol. The maximum absolute atomic E-state index is 11.0. The second-order valence-corrected chi connectivity index (χ2v) is 3.77. The third-order valence-electron chi connectivity index (χ3n) is 2.19. The van der Waals surface area contributed by atoms with Gasteiger partial charge in [-0.3, -0.25) is 9.48 Å². The van der Waals surface area contributed by atoms with Crippen LogP contribution in [0, 0.1) is 5.41 Å². The summed E-state index contributed by atoms with van der Waals surface area (Å²) in [6.45, 7) is 4.42. The summed E-state index contributed by atoms with van der Waals surface area (Å²) in [4.78, 5) is 11.0. The van der Waals surface area contributed by atoms with Gasteiger partial charge in [0, 0.05) is 24.4 Å². The number of aromatic nitrogens is 2. The van der Waals surface area contributed by atoms with E-state index in [2.05, 4.69) is 5.10 Å². The van der Waals surface area contributed by atoms with Crippen LogP contribution in [0.15, 0.2) is 18.5 Å². The third kappa shape index (κ3) is 2.57. The smallest absolute Gasteiger partial charge is 0.223 e. The van der Waals surface area contributed by atoms with Crippen molar-refractivity contribution in [1.29, 1.82) is 0 Å². The van der Waals surface area contributed by atoms with Gasteiger partial charge in [-0.15, -0.1) is 0 Å². The van der Waals surface area contributed by atoms with E-state index in [0.29, 0.717) is 6.42 Å². The number of carbonyl (C=O) groups excluding carboxylic acids is 1. The molecular formula is C9H15N3O. The minimum Gasteiger partial charge on any atom is -0.369 e. The van der Waals surface area contributed by atoms with Crippen LogP contribution in [-0.4, -0.2) is 15.7 Å². The summed E-state index contributed by atoms with van der Waals surface area (Å²) < 4.78 is 1.80. The van der Waals surface area contributed by atoms with Crippen LogP contribution in [-0.2, 0) is 11.3 Å². The molecule has 0 aromatic carbocycles. The van der Waals surface area contributed by atoms with Crippen molar-refractivity contribution in [2.75, 3.05) is 0 Å². The minimum atomic E-state index is -0.452. The second-order valence-electron chi connectivity index (χ2n) is 3.77. The summed E-state index contributed by atoms with van der Waals surface area (Å²) in [6.07, 6.45) is 4.30. The Kier molecular flexibility index (Phi) is 2.70. The fourth-order valence-electron chi connectivity index (χ4n) is 0.950. The van der Waals surface area contributed by atoms with Crippen molar-refractivity contribution in [3.8, 4) is 0 Å². The number of primary amides is 1. The molecular weight excluding hydrogens is 166 g/mol. The Hall–Kier alpha value is -1.32. The number of amides is 1. The van der Waals surface area contributed by atoms with Crippen LogP contribution in [0.2, 0.25) is 0 Å². The highest BCUT2D eigenvalue weighted by Gasteiger charge is 2.24. The normalized spacial score (nSPS) is 11.5. The molecule has 1 aromatic heterocycles. The SMILES string of the molecule is CC(C)(CCn1cccn1)C(N)=O. The first-order chi connectivity index (χ1) is 6.02. The van der Waals surface area contributed by atoms with Crippen LogP contribution in [0.25, 0.3) is 0 Å². The molecule has 0 aliphatic rings. The Bertz CT molecular complexity index is 277. The van der Waals surface area contributed by atoms with E-state index < -0.39 is 5.41 Å². The molecule has 0 fully saturated rings. The zero-order valence-corrected chi connectivity index (χ0v) is 8.03. The molecule has 1 rings (SSSR count). The van der Waals surface area contributed by atoms with Gasteiger partial charge in [0.05, 0.1) is 0 Å². The first-order valence-electron chi connectivity index (χ1n) is 4.30. The highest BCUT2D eigenvalue weighted by Crippen LogP contribution is 2.19. The largest absolute Gasteiger partial charge is 0.369 e. The standard InChI is InChI=1S/C9H15N3O/c1-9(2,8(10)13)4-7-12-6-3-5-11-12/h3,5-6H,4,7H2,1-2H3,(H2,10,13). The molecule has 72 valence electrons. The lowest BCUT2D eigenvalue weighted by atomic mass is 9.89. The number of rotatable bonds is 4. The van der Waals surface area contributed by atoms with Gasteiger partial charge in [0.2, 0.25) is 5.91 Å². The van der Waals surface area contributed by atoms with E-state index >= 15 is 0 Å². The molecule has 0 saturated heterocycles. The van der Waals surface area contributed by atoms with Gasteiger partial charge < -0.3 is 5.73 Å². The van der Waals surface area contributed by atoms with Gasteiger partial charge in [0.1, 0.15) is 0 Å². The zero-order valence-electron chi connectivity index (χ0n) is 8.03. The van der Waals surface area contributed by atoms with Gasteiger partial charge in [-0.25, -0.2) is 0 Å². The van der Waals surface area contributed by atoms with Crippen LogP contribution in [0.4, 0.5) is 0 Å². The van der Waals surface area contributed by atoms with Crippen molar-refractivity contribution in [2.24, 2.45) is 11.1 Å². The fourth-order valence-corrected chi connectivity index (χ4v) is 0.950. The predicted molar refractivity (Wildman–Crippen MR) is 49.8 cm³/mol. The van der Waals surface area contributed by atoms with E-state index in [-0.39, 0.29) is 5.91 Å². The molecule has 0 spiro atoms. The van der Waals surface area contributed by atoms with Crippen molar-refractivity contribution >= 4 is 5.91 Å². The molecule has 0 radical (unpaired) electrons. The molecule has 0 unspecified atom stereocenters. The van der Waals surface area contributed by atoms with Crippen LogP contribution in [0.1, 0.15) is 20.3 Å². The van der Waals surface area contributed by atoms with E-state index in [0.717, 1.165) is 6.54 Å². The van der Waals surface area contributed by atoms with E-state index in [1.165, 1.54) is 0 Å². The molecule has 4 heteroatoms. The second kappa shape index (κ2) is 3.60. The van der Waals surface area contributed by atoms with Crippen LogP contribution in [0.3, 0.4) is 0 Å². The van der Waals surface area contributed by atoms with E-state index in [1.807, 2.05) is 26.1 Å². The zero-order chi connectivity index (χ0) is 9.90. The van der Waals surface area contributed by atoms with Crippen molar-refractivity contribution < 1.29 is 4.79 Å². The molecule has 1 heterocycles. The van der Waals surface area contributed by atoms with Crippen LogP contribution >= 0.6 is 0 Å². The fraction of sp³-hybridized carbons (Fsp3) is 0.556. The predicted octanol–water partition coefficient (Wildman–Crippen LogP) is 0.785. The molecule has 1 amide bonds. The molecule has 0 bridgehead atoms. The summed E-state index contributed by atoms with van der Waals surface area (Å²) in [7, 11) is 0. The molecule has 0 aliphatic carbocycles. The van der Waals surface area contributed by atoms with Crippen molar-refractivity contribution in [2.45, 2.75) is 26.8 Å². The van der Waals surface area contributed by atoms with Gasteiger partial charge in [-0.1, -0.05) is 13.8 Å². The summed E-state index contributed by atoms with van der Waals surface area (Å²) in [6, 6.07) is 1.86. The molecule has 4 nitrogen and oxygen atoms in total. The summed E-state index contributed by atoms with van der Waals surface area (Å²) in [5.41, 5.74) is 4.79. The number of aryl methyl sites for hydroxylation is 1. The molecule has 13 heavy (non-hydrogen) atoms. The maximum Gasteiger partial charge on any atom is 0.223 e. The first kappa shape index (κ1) is 9.77. The van der Waals surface area contributed by atoms with Crippen LogP contribution < -0.4 is 5.73 Å². The average Bonchev–Trinajstić information content (AvgIpc) is 2.52. The van der Waals surface area contributed by atoms with Gasteiger partial charge in [0.15, 0.2) is 0 Å². The van der Waals surface area contributed by atoms with Crippen molar-refractivity contribution in [1.82, 2.24) is 9.78 Å². The van der Waals surface area contributed by atoms with E-state index in [9.17, 15) is 4.79 Å². The molecule has 2 N–H and O–H groups in total. The van der Waals surface area contributed by atoms with E-state index in [4.69, 9.17) is 5.73 Å². The Morgan fingerprint density at radius 1 is 1.62 bits per heavy atom. The van der Waals surface area contributed by atoms with E-state index in [1.54, 1.807) is 10.9 Å². The molecule has 0 atom stereocenters. The highest BCUT2D eigenvalue weighted by molar-refractivity contribution is 5.79. The van der Waals surface area contributed by atoms with Crippen molar-refractivity contribution in [3.05, 3.63) is 18.5 Å². The lowest BCUT2D eigenvalue weighted by Gasteiger charge is -2.19. The topological polar surface area (TPSA) is 60.9 Å². The quantitative estimate of drug-likeness (QED) is 0.746. The minimum absolute atomic E-state index is 0.264. The Morgan fingerprint density at radius 3 is 2.77 bits per heavy atom. The van der Waals surface area contributed by atoms with Gasteiger partial charge in [-0.05, 0) is 12.5 Å². The van der Waals surface area contributed by atoms with Gasteiger partial charge in [-0.2, -0.15) is 5.10 Å². The third-order valence-corrected chi connectivity index (χ3v) is 2.19. The maximum atomic E-state index is 11.0. The summed E-state index contributed by atoms with van der Waals surface area (Å²) in [5, 5.41) is 4.04. The lowest BCUT2D eigenvalue weighted by Crippen LogP contribution is -2.32. The number of nitrogens with zero attached hydrogens (tertiary/aromatic N) is 2. The summed E-state index contributed by atoms with van der Waals surface area (Å²) in [5.74, 6) is -0.264. The lowest BCUT2D eigenvalue weighted by molar-refractivity contribution is -0.126. The molecule has 0 saturated carbocycles. The molecule has 1 aromatic rings. The number of hydrogen-bond donors (Lipinski definition) is 1. The van der Waals surface area contributed by atoms with Gasteiger partial charge in [0.25, 0.3) is 0 Å².